The molecule has 0 saturated carbocycles. The van der Waals surface area contributed by atoms with Gasteiger partial charge in [0.15, 0.2) is 0 Å². The molecule has 0 bridgehead atoms. The largest absolute Gasteiger partial charge is 0.496 e. The van der Waals surface area contributed by atoms with E-state index in [0.29, 0.717) is 28.0 Å². The Morgan fingerprint density at radius 1 is 1.53 bits per heavy atom. The average molecular weight is 302 g/mol. The zero-order valence-corrected chi connectivity index (χ0v) is 11.7. The fraction of sp³-hybridized carbons (Fsp3) is 0.333. The second kappa shape index (κ2) is 5.71. The molecule has 0 aromatic heterocycles. The highest BCUT2D eigenvalue weighted by Crippen LogP contribution is 2.28. The molecule has 0 unspecified atom stereocenters. The van der Waals surface area contributed by atoms with Gasteiger partial charge in [-0.1, -0.05) is 11.6 Å². The van der Waals surface area contributed by atoms with E-state index in [4.69, 9.17) is 21.4 Å². The number of nitrogens with zero attached hydrogens (tertiary/aromatic N) is 1. The van der Waals surface area contributed by atoms with E-state index < -0.39 is 12.0 Å². The summed E-state index contributed by atoms with van der Waals surface area (Å²) in [6, 6.07) is 3.87. The number of halogens is 1. The van der Waals surface area contributed by atoms with Gasteiger partial charge in [-0.2, -0.15) is 0 Å². The number of hydrogen-bond donors (Lipinski definition) is 1. The van der Waals surface area contributed by atoms with Crippen LogP contribution >= 0.6 is 23.4 Å². The number of amides is 1. The predicted molar refractivity (Wildman–Crippen MR) is 72.9 cm³/mol. The van der Waals surface area contributed by atoms with Crippen LogP contribution < -0.4 is 4.74 Å². The van der Waals surface area contributed by atoms with Gasteiger partial charge in [0.1, 0.15) is 11.8 Å². The summed E-state index contributed by atoms with van der Waals surface area (Å²) in [5.74, 6) is -0.241. The molecule has 1 aromatic carbocycles. The molecule has 1 aliphatic rings. The average Bonchev–Trinajstić information content (AvgIpc) is 2.87. The first kappa shape index (κ1) is 14.0. The minimum Gasteiger partial charge on any atom is -0.496 e. The second-order valence-electron chi connectivity index (χ2n) is 3.97. The zero-order chi connectivity index (χ0) is 14.0. The minimum absolute atomic E-state index is 0.320. The predicted octanol–water partition coefficient (Wildman–Crippen LogP) is 1.95. The van der Waals surface area contributed by atoms with Crippen molar-refractivity contribution in [2.24, 2.45) is 0 Å². The number of rotatable bonds is 3. The Labute approximate surface area is 119 Å². The summed E-state index contributed by atoms with van der Waals surface area (Å²) in [6.07, 6.45) is 0. The zero-order valence-electron chi connectivity index (χ0n) is 10.1. The van der Waals surface area contributed by atoms with Crippen LogP contribution in [0.4, 0.5) is 0 Å². The fourth-order valence-corrected chi connectivity index (χ4v) is 3.15. The molecular formula is C12H12ClNO4S. The van der Waals surface area contributed by atoms with Crippen molar-refractivity contribution in [3.63, 3.8) is 0 Å². The van der Waals surface area contributed by atoms with Gasteiger partial charge >= 0.3 is 5.97 Å². The lowest BCUT2D eigenvalue weighted by atomic mass is 10.1. The van der Waals surface area contributed by atoms with Gasteiger partial charge in [-0.15, -0.1) is 11.8 Å². The normalized spacial score (nSPS) is 18.4. The molecule has 2 rings (SSSR count). The van der Waals surface area contributed by atoms with Crippen LogP contribution in [0.25, 0.3) is 0 Å². The van der Waals surface area contributed by atoms with Gasteiger partial charge in [-0.05, 0) is 18.2 Å². The molecule has 1 fully saturated rings. The molecule has 1 atom stereocenters. The maximum atomic E-state index is 12.4. The summed E-state index contributed by atoms with van der Waals surface area (Å²) in [5.41, 5.74) is 0.320. The van der Waals surface area contributed by atoms with Crippen LogP contribution in [0.15, 0.2) is 18.2 Å². The van der Waals surface area contributed by atoms with E-state index in [-0.39, 0.29) is 5.91 Å². The van der Waals surface area contributed by atoms with E-state index in [0.717, 1.165) is 0 Å². The van der Waals surface area contributed by atoms with Crippen molar-refractivity contribution >= 4 is 35.2 Å². The maximum Gasteiger partial charge on any atom is 0.327 e. The summed E-state index contributed by atoms with van der Waals surface area (Å²) in [7, 11) is 1.44. The molecular weight excluding hydrogens is 290 g/mol. The Morgan fingerprint density at radius 2 is 2.26 bits per heavy atom. The van der Waals surface area contributed by atoms with Crippen molar-refractivity contribution in [2.75, 3.05) is 18.7 Å². The van der Waals surface area contributed by atoms with Crippen LogP contribution in [-0.2, 0) is 4.79 Å². The molecule has 5 nitrogen and oxygen atoms in total. The van der Waals surface area contributed by atoms with E-state index in [1.807, 2.05) is 0 Å². The van der Waals surface area contributed by atoms with Crippen molar-refractivity contribution in [1.29, 1.82) is 0 Å². The van der Waals surface area contributed by atoms with E-state index >= 15 is 0 Å². The Hall–Kier alpha value is -1.40. The van der Waals surface area contributed by atoms with Gasteiger partial charge in [0.2, 0.25) is 0 Å². The molecule has 1 saturated heterocycles. The lowest BCUT2D eigenvalue weighted by molar-refractivity contribution is -0.140. The summed E-state index contributed by atoms with van der Waals surface area (Å²) >= 11 is 7.25. The van der Waals surface area contributed by atoms with E-state index in [2.05, 4.69) is 0 Å². The number of methoxy groups -OCH3 is 1. The van der Waals surface area contributed by atoms with Crippen molar-refractivity contribution < 1.29 is 19.4 Å². The van der Waals surface area contributed by atoms with E-state index in [9.17, 15) is 9.59 Å². The van der Waals surface area contributed by atoms with E-state index in [1.165, 1.54) is 29.8 Å². The van der Waals surface area contributed by atoms with Gasteiger partial charge in [0.05, 0.1) is 18.6 Å². The molecule has 7 heteroatoms. The number of carboxylic acid groups (broad SMARTS) is 1. The van der Waals surface area contributed by atoms with Crippen LogP contribution in [0, 0.1) is 0 Å². The van der Waals surface area contributed by atoms with Gasteiger partial charge in [-0.3, -0.25) is 4.79 Å². The number of ether oxygens (including phenoxy) is 1. The Kier molecular flexibility index (Phi) is 4.21. The summed E-state index contributed by atoms with van der Waals surface area (Å²) in [6.45, 7) is 0. The molecule has 1 aliphatic heterocycles. The van der Waals surface area contributed by atoms with Gasteiger partial charge in [0, 0.05) is 10.8 Å². The van der Waals surface area contributed by atoms with Crippen LogP contribution in [0.2, 0.25) is 5.02 Å². The molecule has 102 valence electrons. The Bertz CT molecular complexity index is 522. The van der Waals surface area contributed by atoms with Crippen LogP contribution in [-0.4, -0.2) is 46.7 Å². The first-order chi connectivity index (χ1) is 9.04. The molecule has 0 spiro atoms. The fourth-order valence-electron chi connectivity index (χ4n) is 1.84. The third kappa shape index (κ3) is 2.79. The molecule has 0 aliphatic carbocycles. The first-order valence-electron chi connectivity index (χ1n) is 5.49. The minimum atomic E-state index is -0.994. The number of thioether (sulfide) groups is 1. The lowest BCUT2D eigenvalue weighted by Crippen LogP contribution is -2.41. The molecule has 1 aromatic rings. The smallest absolute Gasteiger partial charge is 0.327 e. The number of aliphatic carboxylic acids is 1. The summed E-state index contributed by atoms with van der Waals surface area (Å²) in [5, 5.41) is 9.55. The van der Waals surface area contributed by atoms with Crippen molar-refractivity contribution in [3.8, 4) is 5.75 Å². The van der Waals surface area contributed by atoms with Gasteiger partial charge in [0.25, 0.3) is 5.91 Å². The van der Waals surface area contributed by atoms with Crippen molar-refractivity contribution in [1.82, 2.24) is 4.90 Å². The first-order valence-corrected chi connectivity index (χ1v) is 7.03. The topological polar surface area (TPSA) is 66.8 Å². The number of carbonyl (C=O) groups excluding carboxylic acids is 1. The van der Waals surface area contributed by atoms with Crippen LogP contribution in [0.3, 0.4) is 0 Å². The summed E-state index contributed by atoms with van der Waals surface area (Å²) in [4.78, 5) is 24.8. The number of carboxylic acids is 1. The molecule has 0 radical (unpaired) electrons. The molecule has 19 heavy (non-hydrogen) atoms. The van der Waals surface area contributed by atoms with Crippen molar-refractivity contribution in [2.45, 2.75) is 6.04 Å². The Morgan fingerprint density at radius 3 is 2.89 bits per heavy atom. The monoisotopic (exact) mass is 301 g/mol. The SMILES string of the molecule is COc1cc(Cl)ccc1C(=O)N1CSC[C@H]1C(=O)O. The lowest BCUT2D eigenvalue weighted by Gasteiger charge is -2.21. The quantitative estimate of drug-likeness (QED) is 0.924. The molecule has 1 amide bonds. The second-order valence-corrected chi connectivity index (χ2v) is 5.41. The van der Waals surface area contributed by atoms with Crippen molar-refractivity contribution in [3.05, 3.63) is 28.8 Å². The molecule has 1 heterocycles. The number of benzene rings is 1. The van der Waals surface area contributed by atoms with Crippen LogP contribution in [0.1, 0.15) is 10.4 Å². The van der Waals surface area contributed by atoms with Gasteiger partial charge in [-0.25, -0.2) is 4.79 Å². The van der Waals surface area contributed by atoms with Crippen LogP contribution in [0.5, 0.6) is 5.75 Å². The van der Waals surface area contributed by atoms with E-state index in [1.54, 1.807) is 12.1 Å². The highest BCUT2D eigenvalue weighted by Gasteiger charge is 2.35. The third-order valence-electron chi connectivity index (χ3n) is 2.82. The summed E-state index contributed by atoms with van der Waals surface area (Å²) < 4.78 is 5.12. The van der Waals surface area contributed by atoms with Gasteiger partial charge < -0.3 is 14.7 Å². The Balaban J connectivity index is 2.31. The number of hydrogen-bond acceptors (Lipinski definition) is 4. The number of carbonyl (C=O) groups is 2. The third-order valence-corrected chi connectivity index (χ3v) is 4.07. The highest BCUT2D eigenvalue weighted by molar-refractivity contribution is 7.99. The highest BCUT2D eigenvalue weighted by atomic mass is 35.5. The maximum absolute atomic E-state index is 12.4. The standard InChI is InChI=1S/C12H12ClNO4S/c1-18-10-4-7(13)2-3-8(10)11(15)14-6-19-5-9(14)12(16)17/h2-4,9H,5-6H2,1H3,(H,16,17)/t9-/m0/s1. The molecule has 1 N–H and O–H groups in total.